The van der Waals surface area contributed by atoms with Gasteiger partial charge >= 0.3 is 0 Å². The van der Waals surface area contributed by atoms with Crippen molar-refractivity contribution >= 4 is 54.5 Å². The maximum atomic E-state index is 6.53. The van der Waals surface area contributed by atoms with Crippen molar-refractivity contribution in [3.05, 3.63) is 139 Å². The molecule has 8 rings (SSSR count). The molecular formula is C35H23NO. The molecule has 2 heterocycles. The van der Waals surface area contributed by atoms with E-state index in [9.17, 15) is 0 Å². The van der Waals surface area contributed by atoms with Gasteiger partial charge in [0.2, 0.25) is 0 Å². The number of nitrogens with zero attached hydrogens (tertiary/aromatic N) is 1. The molecule has 37 heavy (non-hydrogen) atoms. The Bertz CT molecular complexity index is 2070. The first-order valence-electron chi connectivity index (χ1n) is 12.8. The van der Waals surface area contributed by atoms with Crippen molar-refractivity contribution in [1.29, 1.82) is 0 Å². The van der Waals surface area contributed by atoms with Gasteiger partial charge in [0.1, 0.15) is 11.2 Å². The second kappa shape index (κ2) is 7.84. The number of fused-ring (bicyclic) bond motifs is 8. The number of furan rings is 1. The summed E-state index contributed by atoms with van der Waals surface area (Å²) >= 11 is 0. The van der Waals surface area contributed by atoms with E-state index in [1.165, 1.54) is 60.2 Å². The number of hydrogen-bond acceptors (Lipinski definition) is 1. The topological polar surface area (TPSA) is 18.1 Å². The molecular weight excluding hydrogens is 450 g/mol. The smallest absolute Gasteiger partial charge is 0.139 e. The average Bonchev–Trinajstić information content (AvgIpc) is 3.50. The first-order valence-corrected chi connectivity index (χ1v) is 12.8. The number of rotatable bonds is 3. The molecule has 0 fully saturated rings. The summed E-state index contributed by atoms with van der Waals surface area (Å²) in [4.78, 5) is 0. The Balaban J connectivity index is 1.40. The number of para-hydroxylation sites is 4. The fraction of sp³-hybridized carbons (Fsp3) is 0.0286. The summed E-state index contributed by atoms with van der Waals surface area (Å²) in [7, 11) is 0. The summed E-state index contributed by atoms with van der Waals surface area (Å²) in [5.74, 6) is 0. The van der Waals surface area contributed by atoms with Crippen molar-refractivity contribution in [1.82, 2.24) is 4.57 Å². The summed E-state index contributed by atoms with van der Waals surface area (Å²) in [5, 5.41) is 7.41. The second-order valence-electron chi connectivity index (χ2n) is 9.73. The highest BCUT2D eigenvalue weighted by atomic mass is 16.3. The third-order valence-electron chi connectivity index (χ3n) is 7.64. The van der Waals surface area contributed by atoms with E-state index in [0.717, 1.165) is 17.6 Å². The van der Waals surface area contributed by atoms with E-state index in [1.54, 1.807) is 0 Å². The maximum Gasteiger partial charge on any atom is 0.139 e. The predicted octanol–water partition coefficient (Wildman–Crippen LogP) is 9.43. The second-order valence-corrected chi connectivity index (χ2v) is 9.73. The maximum absolute atomic E-state index is 6.53. The molecule has 8 aromatic rings. The Morgan fingerprint density at radius 1 is 0.514 bits per heavy atom. The van der Waals surface area contributed by atoms with Gasteiger partial charge in [0.05, 0.1) is 11.0 Å². The average molecular weight is 474 g/mol. The van der Waals surface area contributed by atoms with Gasteiger partial charge in [-0.2, -0.15) is 0 Å². The minimum absolute atomic E-state index is 0.776. The molecule has 0 saturated heterocycles. The Kier molecular flexibility index (Phi) is 4.32. The van der Waals surface area contributed by atoms with Crippen molar-refractivity contribution in [2.75, 3.05) is 0 Å². The van der Waals surface area contributed by atoms with Crippen LogP contribution < -0.4 is 0 Å². The van der Waals surface area contributed by atoms with E-state index < -0.39 is 0 Å². The first-order chi connectivity index (χ1) is 18.4. The molecule has 0 radical (unpaired) electrons. The normalized spacial score (nSPS) is 11.9. The van der Waals surface area contributed by atoms with Crippen LogP contribution in [0.4, 0.5) is 0 Å². The van der Waals surface area contributed by atoms with Crippen LogP contribution in [-0.4, -0.2) is 4.57 Å². The van der Waals surface area contributed by atoms with Crippen LogP contribution in [0.3, 0.4) is 0 Å². The lowest BCUT2D eigenvalue weighted by Crippen LogP contribution is -2.01. The Labute approximate surface area is 214 Å². The van der Waals surface area contributed by atoms with Gasteiger partial charge in [-0.15, -0.1) is 0 Å². The molecule has 0 saturated carbocycles. The molecule has 0 N–H and O–H groups in total. The van der Waals surface area contributed by atoms with Gasteiger partial charge < -0.3 is 8.98 Å². The molecule has 0 aliphatic carbocycles. The quantitative estimate of drug-likeness (QED) is 0.250. The van der Waals surface area contributed by atoms with Crippen LogP contribution in [0.5, 0.6) is 0 Å². The summed E-state index contributed by atoms with van der Waals surface area (Å²) in [5.41, 5.74) is 8.05. The largest absolute Gasteiger partial charge is 0.456 e. The summed E-state index contributed by atoms with van der Waals surface area (Å²) in [6.07, 6.45) is 0.776. The van der Waals surface area contributed by atoms with E-state index in [2.05, 4.69) is 126 Å². The standard InChI is InChI=1S/C35H23NO/c1-3-13-26-23(11-1)21-25(35-34(26)29-16-6-10-20-33(29)37-35)22-24-12-2-7-17-30(24)36-31-18-8-4-14-27(31)28-15-5-9-19-32(28)36/h1-21H,22H2. The SMILES string of the molecule is c1ccc(-n2c3ccccc3c3ccccc32)c(Cc2cc3ccccc3c3c2oc2ccccc23)c1. The lowest BCUT2D eigenvalue weighted by Gasteiger charge is -2.14. The van der Waals surface area contributed by atoms with Gasteiger partial charge in [-0.25, -0.2) is 0 Å². The molecule has 0 aliphatic rings. The minimum Gasteiger partial charge on any atom is -0.456 e. The fourth-order valence-corrected chi connectivity index (χ4v) is 6.04. The Hall–Kier alpha value is -4.82. The van der Waals surface area contributed by atoms with Crippen LogP contribution in [0.1, 0.15) is 11.1 Å². The van der Waals surface area contributed by atoms with Gasteiger partial charge in [-0.05, 0) is 46.7 Å². The van der Waals surface area contributed by atoms with Crippen molar-refractivity contribution in [3.63, 3.8) is 0 Å². The lowest BCUT2D eigenvalue weighted by atomic mass is 9.96. The van der Waals surface area contributed by atoms with Crippen molar-refractivity contribution in [2.45, 2.75) is 6.42 Å². The van der Waals surface area contributed by atoms with Crippen LogP contribution in [0.2, 0.25) is 0 Å². The zero-order valence-corrected chi connectivity index (χ0v) is 20.2. The Morgan fingerprint density at radius 2 is 1.11 bits per heavy atom. The number of aromatic nitrogens is 1. The molecule has 6 aromatic carbocycles. The molecule has 0 bridgehead atoms. The fourth-order valence-electron chi connectivity index (χ4n) is 6.04. The highest BCUT2D eigenvalue weighted by Crippen LogP contribution is 2.39. The molecule has 0 unspecified atom stereocenters. The van der Waals surface area contributed by atoms with Crippen LogP contribution in [-0.2, 0) is 6.42 Å². The monoisotopic (exact) mass is 473 g/mol. The van der Waals surface area contributed by atoms with Crippen LogP contribution >= 0.6 is 0 Å². The highest BCUT2D eigenvalue weighted by molar-refractivity contribution is 6.19. The Morgan fingerprint density at radius 3 is 1.89 bits per heavy atom. The number of hydrogen-bond donors (Lipinski definition) is 0. The van der Waals surface area contributed by atoms with Crippen molar-refractivity contribution < 1.29 is 4.42 Å². The van der Waals surface area contributed by atoms with E-state index in [-0.39, 0.29) is 0 Å². The number of benzene rings is 6. The predicted molar refractivity (Wildman–Crippen MR) is 155 cm³/mol. The molecule has 2 heteroatoms. The van der Waals surface area contributed by atoms with E-state index in [4.69, 9.17) is 4.42 Å². The van der Waals surface area contributed by atoms with E-state index in [0.29, 0.717) is 0 Å². The molecule has 0 spiro atoms. The molecule has 2 aromatic heterocycles. The zero-order valence-electron chi connectivity index (χ0n) is 20.2. The highest BCUT2D eigenvalue weighted by Gasteiger charge is 2.18. The van der Waals surface area contributed by atoms with Gasteiger partial charge in [0.25, 0.3) is 0 Å². The third-order valence-corrected chi connectivity index (χ3v) is 7.64. The van der Waals surface area contributed by atoms with Crippen LogP contribution in [0.15, 0.2) is 132 Å². The summed E-state index contributed by atoms with van der Waals surface area (Å²) in [6, 6.07) is 45.5. The van der Waals surface area contributed by atoms with Gasteiger partial charge in [-0.3, -0.25) is 0 Å². The summed E-state index contributed by atoms with van der Waals surface area (Å²) < 4.78 is 8.94. The van der Waals surface area contributed by atoms with Crippen LogP contribution in [0.25, 0.3) is 60.2 Å². The van der Waals surface area contributed by atoms with Crippen LogP contribution in [0, 0.1) is 0 Å². The zero-order chi connectivity index (χ0) is 24.3. The molecule has 0 amide bonds. The van der Waals surface area contributed by atoms with E-state index in [1.807, 2.05) is 6.07 Å². The van der Waals surface area contributed by atoms with Crippen molar-refractivity contribution in [3.8, 4) is 5.69 Å². The molecule has 174 valence electrons. The third kappa shape index (κ3) is 2.99. The first kappa shape index (κ1) is 20.4. The van der Waals surface area contributed by atoms with Gasteiger partial charge in [0, 0.05) is 39.2 Å². The minimum atomic E-state index is 0.776. The molecule has 2 nitrogen and oxygen atoms in total. The summed E-state index contributed by atoms with van der Waals surface area (Å²) in [6.45, 7) is 0. The molecule has 0 atom stereocenters. The molecule has 0 aliphatic heterocycles. The van der Waals surface area contributed by atoms with Crippen molar-refractivity contribution in [2.24, 2.45) is 0 Å². The van der Waals surface area contributed by atoms with E-state index >= 15 is 0 Å². The van der Waals surface area contributed by atoms with Gasteiger partial charge in [-0.1, -0.05) is 97.1 Å². The van der Waals surface area contributed by atoms with Gasteiger partial charge in [0.15, 0.2) is 0 Å². The lowest BCUT2D eigenvalue weighted by molar-refractivity contribution is 0.664.